The molecule has 1 amide bonds. The molecule has 27 heavy (non-hydrogen) atoms. The van der Waals surface area contributed by atoms with Crippen LogP contribution in [0.1, 0.15) is 62.9 Å². The van der Waals surface area contributed by atoms with Crippen molar-refractivity contribution < 1.29 is 19.1 Å². The zero-order chi connectivity index (χ0) is 19.7. The van der Waals surface area contributed by atoms with Gasteiger partial charge in [-0.2, -0.15) is 0 Å². The fraction of sp³-hybridized carbons (Fsp3) is 0.524. The van der Waals surface area contributed by atoms with Crippen molar-refractivity contribution >= 4 is 23.2 Å². The van der Waals surface area contributed by atoms with E-state index in [1.165, 1.54) is 26.2 Å². The van der Waals surface area contributed by atoms with Crippen molar-refractivity contribution in [2.45, 2.75) is 64.1 Å². The number of hydrogen-bond donors (Lipinski definition) is 3. The van der Waals surface area contributed by atoms with Gasteiger partial charge in [0.1, 0.15) is 5.58 Å². The molecule has 1 aromatic carbocycles. The summed E-state index contributed by atoms with van der Waals surface area (Å²) in [6, 6.07) is 8.91. The van der Waals surface area contributed by atoms with Crippen molar-refractivity contribution in [3.05, 3.63) is 36.1 Å². The average Bonchev–Trinajstić information content (AvgIpc) is 3.10. The SMILES string of the molecule is CCCCCCCCN[C@](C=O)(NC(=O)c1cc2ccccc2o1)[C@@H](C)O. The van der Waals surface area contributed by atoms with Crippen LogP contribution < -0.4 is 10.6 Å². The van der Waals surface area contributed by atoms with Crippen molar-refractivity contribution in [3.63, 3.8) is 0 Å². The lowest BCUT2D eigenvalue weighted by Gasteiger charge is -2.32. The number of carbonyl (C=O) groups is 2. The van der Waals surface area contributed by atoms with Gasteiger partial charge in [0, 0.05) is 5.39 Å². The molecule has 0 fully saturated rings. The second-order valence-electron chi connectivity index (χ2n) is 6.96. The molecular weight excluding hydrogens is 344 g/mol. The number of aliphatic hydroxyl groups excluding tert-OH is 1. The van der Waals surface area contributed by atoms with E-state index in [1.807, 2.05) is 18.2 Å². The number of amides is 1. The summed E-state index contributed by atoms with van der Waals surface area (Å²) in [6.45, 7) is 4.17. The molecule has 0 radical (unpaired) electrons. The summed E-state index contributed by atoms with van der Waals surface area (Å²) >= 11 is 0. The van der Waals surface area contributed by atoms with Crippen molar-refractivity contribution in [2.75, 3.05) is 6.54 Å². The minimum atomic E-state index is -1.54. The zero-order valence-electron chi connectivity index (χ0n) is 16.2. The molecule has 0 unspecified atom stereocenters. The normalized spacial score (nSPS) is 14.6. The van der Waals surface area contributed by atoms with Gasteiger partial charge in [-0.05, 0) is 32.0 Å². The van der Waals surface area contributed by atoms with Gasteiger partial charge >= 0.3 is 0 Å². The molecule has 2 aromatic rings. The molecule has 0 saturated heterocycles. The Morgan fingerprint density at radius 1 is 1.22 bits per heavy atom. The smallest absolute Gasteiger partial charge is 0.288 e. The standard InChI is InChI=1S/C21H30N2O4/c1-3-4-5-6-7-10-13-22-21(15-24,16(2)25)23-20(26)19-14-17-11-8-9-12-18(17)27-19/h8-9,11-12,14-16,22,25H,3-7,10,13H2,1-2H3,(H,23,26)/t16-,21-/m1/s1. The van der Waals surface area contributed by atoms with Crippen LogP contribution in [0.25, 0.3) is 11.0 Å². The monoisotopic (exact) mass is 374 g/mol. The largest absolute Gasteiger partial charge is 0.451 e. The van der Waals surface area contributed by atoms with Crippen LogP contribution in [0.15, 0.2) is 34.7 Å². The zero-order valence-corrected chi connectivity index (χ0v) is 16.2. The van der Waals surface area contributed by atoms with E-state index in [2.05, 4.69) is 17.6 Å². The van der Waals surface area contributed by atoms with E-state index in [0.717, 1.165) is 24.6 Å². The maximum Gasteiger partial charge on any atom is 0.288 e. The predicted octanol–water partition coefficient (Wildman–Crippen LogP) is 3.39. The summed E-state index contributed by atoms with van der Waals surface area (Å²) in [5, 5.41) is 16.6. The van der Waals surface area contributed by atoms with Gasteiger partial charge in [-0.25, -0.2) is 0 Å². The van der Waals surface area contributed by atoms with Gasteiger partial charge in [0.25, 0.3) is 5.91 Å². The molecular formula is C21H30N2O4. The average molecular weight is 374 g/mol. The van der Waals surface area contributed by atoms with E-state index in [-0.39, 0.29) is 5.76 Å². The summed E-state index contributed by atoms with van der Waals surface area (Å²) in [5.74, 6) is -0.445. The molecule has 0 aliphatic rings. The van der Waals surface area contributed by atoms with Crippen LogP contribution in [0.5, 0.6) is 0 Å². The Morgan fingerprint density at radius 2 is 1.93 bits per heavy atom. The third-order valence-corrected chi connectivity index (χ3v) is 4.76. The number of rotatable bonds is 12. The summed E-state index contributed by atoms with van der Waals surface area (Å²) in [5.41, 5.74) is -0.948. The fourth-order valence-electron chi connectivity index (χ4n) is 3.01. The van der Waals surface area contributed by atoms with Gasteiger partial charge < -0.3 is 14.8 Å². The van der Waals surface area contributed by atoms with Gasteiger partial charge in [-0.15, -0.1) is 0 Å². The number of fused-ring (bicyclic) bond motifs is 1. The lowest BCUT2D eigenvalue weighted by Crippen LogP contribution is -2.66. The first-order chi connectivity index (χ1) is 13.0. The number of nitrogens with one attached hydrogen (secondary N) is 2. The lowest BCUT2D eigenvalue weighted by atomic mass is 10.0. The van der Waals surface area contributed by atoms with E-state index >= 15 is 0 Å². The maximum absolute atomic E-state index is 12.6. The first kappa shape index (κ1) is 21.1. The third kappa shape index (κ3) is 5.65. The Labute approximate surface area is 160 Å². The molecule has 148 valence electrons. The van der Waals surface area contributed by atoms with Crippen LogP contribution in [0.3, 0.4) is 0 Å². The van der Waals surface area contributed by atoms with E-state index in [1.54, 1.807) is 12.1 Å². The molecule has 0 spiro atoms. The van der Waals surface area contributed by atoms with Gasteiger partial charge in [0.2, 0.25) is 0 Å². The Bertz CT molecular complexity index is 708. The first-order valence-electron chi connectivity index (χ1n) is 9.73. The molecule has 6 nitrogen and oxygen atoms in total. The van der Waals surface area contributed by atoms with Gasteiger partial charge in [0.15, 0.2) is 17.7 Å². The molecule has 0 bridgehead atoms. The highest BCUT2D eigenvalue weighted by Crippen LogP contribution is 2.19. The Balaban J connectivity index is 1.97. The fourth-order valence-corrected chi connectivity index (χ4v) is 3.01. The number of aldehydes is 1. The molecule has 2 atom stereocenters. The summed E-state index contributed by atoms with van der Waals surface area (Å²) in [7, 11) is 0. The van der Waals surface area contributed by atoms with E-state index in [0.29, 0.717) is 18.4 Å². The molecule has 3 N–H and O–H groups in total. The molecule has 1 aromatic heterocycles. The quantitative estimate of drug-likeness (QED) is 0.301. The highest BCUT2D eigenvalue weighted by molar-refractivity contribution is 5.97. The number of carbonyl (C=O) groups excluding carboxylic acids is 2. The Morgan fingerprint density at radius 3 is 2.59 bits per heavy atom. The first-order valence-corrected chi connectivity index (χ1v) is 9.73. The van der Waals surface area contributed by atoms with Gasteiger partial charge in [0.05, 0.1) is 6.10 Å². The van der Waals surface area contributed by atoms with Crippen LogP contribution in [0.4, 0.5) is 0 Å². The van der Waals surface area contributed by atoms with Crippen molar-refractivity contribution in [1.82, 2.24) is 10.6 Å². The number of benzene rings is 1. The van der Waals surface area contributed by atoms with E-state index in [9.17, 15) is 14.7 Å². The second-order valence-corrected chi connectivity index (χ2v) is 6.96. The van der Waals surface area contributed by atoms with Crippen LogP contribution in [-0.4, -0.2) is 35.6 Å². The summed E-state index contributed by atoms with van der Waals surface area (Å²) in [6.07, 6.45) is 6.14. The lowest BCUT2D eigenvalue weighted by molar-refractivity contribution is -0.118. The number of aliphatic hydroxyl groups is 1. The summed E-state index contributed by atoms with van der Waals surface area (Å²) in [4.78, 5) is 24.3. The third-order valence-electron chi connectivity index (χ3n) is 4.76. The van der Waals surface area contributed by atoms with Gasteiger partial charge in [-0.1, -0.05) is 57.2 Å². The highest BCUT2D eigenvalue weighted by Gasteiger charge is 2.37. The van der Waals surface area contributed by atoms with Crippen LogP contribution in [0.2, 0.25) is 0 Å². The van der Waals surface area contributed by atoms with E-state index in [4.69, 9.17) is 4.42 Å². The molecule has 0 aliphatic heterocycles. The van der Waals surface area contributed by atoms with Crippen molar-refractivity contribution in [2.24, 2.45) is 0 Å². The molecule has 0 saturated carbocycles. The number of para-hydroxylation sites is 1. The molecule has 1 heterocycles. The van der Waals surface area contributed by atoms with Crippen molar-refractivity contribution in [3.8, 4) is 0 Å². The predicted molar refractivity (Wildman–Crippen MR) is 106 cm³/mol. The molecule has 2 rings (SSSR count). The number of hydrogen-bond acceptors (Lipinski definition) is 5. The maximum atomic E-state index is 12.6. The molecule has 0 aliphatic carbocycles. The highest BCUT2D eigenvalue weighted by atomic mass is 16.3. The van der Waals surface area contributed by atoms with Crippen LogP contribution >= 0.6 is 0 Å². The van der Waals surface area contributed by atoms with Crippen LogP contribution in [-0.2, 0) is 4.79 Å². The summed E-state index contributed by atoms with van der Waals surface area (Å²) < 4.78 is 5.54. The van der Waals surface area contributed by atoms with Gasteiger partial charge in [-0.3, -0.25) is 14.9 Å². The van der Waals surface area contributed by atoms with Crippen molar-refractivity contribution in [1.29, 1.82) is 0 Å². The van der Waals surface area contributed by atoms with E-state index < -0.39 is 17.7 Å². The minimum absolute atomic E-state index is 0.101. The molecule has 6 heteroatoms. The Kier molecular flexibility index (Phi) is 8.00. The van der Waals surface area contributed by atoms with Crippen LogP contribution in [0, 0.1) is 0 Å². The topological polar surface area (TPSA) is 91.6 Å². The number of unbranched alkanes of at least 4 members (excludes halogenated alkanes) is 5. The Hall–Kier alpha value is -2.18. The minimum Gasteiger partial charge on any atom is -0.451 e. The second kappa shape index (κ2) is 10.2. The number of furan rings is 1.